The van der Waals surface area contributed by atoms with Crippen LogP contribution in [0.3, 0.4) is 0 Å². The van der Waals surface area contributed by atoms with Gasteiger partial charge < -0.3 is 10.2 Å². The molecule has 0 spiro atoms. The van der Waals surface area contributed by atoms with Gasteiger partial charge in [-0.1, -0.05) is 36.4 Å². The number of fused-ring (bicyclic) bond motifs is 1. The number of carbonyl (C=O) groups excluding carboxylic acids is 3. The van der Waals surface area contributed by atoms with E-state index in [1.54, 1.807) is 48.5 Å². The number of carbonyl (C=O) groups is 3. The molecule has 1 aliphatic heterocycles. The first-order chi connectivity index (χ1) is 14.5. The highest BCUT2D eigenvalue weighted by atomic mass is 16.2. The highest BCUT2D eigenvalue weighted by Crippen LogP contribution is 2.30. The molecule has 1 heterocycles. The highest BCUT2D eigenvalue weighted by Gasteiger charge is 2.37. The molecule has 6 heteroatoms. The van der Waals surface area contributed by atoms with Crippen LogP contribution in [-0.2, 0) is 6.54 Å². The summed E-state index contributed by atoms with van der Waals surface area (Å²) < 4.78 is 0. The number of nitrogens with zero attached hydrogens (tertiary/aromatic N) is 2. The van der Waals surface area contributed by atoms with Crippen molar-refractivity contribution in [2.24, 2.45) is 0 Å². The molecule has 6 nitrogen and oxygen atoms in total. The van der Waals surface area contributed by atoms with Gasteiger partial charge in [0.05, 0.1) is 22.4 Å². The smallest absolute Gasteiger partial charge is 0.266 e. The summed E-state index contributed by atoms with van der Waals surface area (Å²) in [6, 6.07) is 21.2. The zero-order valence-corrected chi connectivity index (χ0v) is 16.8. The standard InChI is InChI=1S/C24H21N3O3/c1-26(2)17-13-11-16(12-14-17)15-25-22(28)20-9-5-6-10-21(20)27-23(29)18-7-3-4-8-19(18)24(27)30/h3-14H,15H2,1-2H3,(H,25,28). The third-order valence-corrected chi connectivity index (χ3v) is 5.09. The van der Waals surface area contributed by atoms with E-state index in [1.807, 2.05) is 43.3 Å². The van der Waals surface area contributed by atoms with E-state index in [2.05, 4.69) is 5.32 Å². The number of rotatable bonds is 5. The average Bonchev–Trinajstić information content (AvgIpc) is 3.02. The van der Waals surface area contributed by atoms with E-state index < -0.39 is 11.8 Å². The second-order valence-corrected chi connectivity index (χ2v) is 7.25. The number of hydrogen-bond acceptors (Lipinski definition) is 4. The predicted octanol–water partition coefficient (Wildman–Crippen LogP) is 3.48. The van der Waals surface area contributed by atoms with Crippen LogP contribution in [0.4, 0.5) is 11.4 Å². The van der Waals surface area contributed by atoms with E-state index in [0.29, 0.717) is 17.7 Å². The van der Waals surface area contributed by atoms with Crippen molar-refractivity contribution in [1.29, 1.82) is 0 Å². The molecule has 0 bridgehead atoms. The summed E-state index contributed by atoms with van der Waals surface area (Å²) in [6.07, 6.45) is 0. The molecule has 30 heavy (non-hydrogen) atoms. The van der Waals surface area contributed by atoms with E-state index in [0.717, 1.165) is 16.2 Å². The van der Waals surface area contributed by atoms with Crippen LogP contribution in [0.5, 0.6) is 0 Å². The van der Waals surface area contributed by atoms with E-state index in [4.69, 9.17) is 0 Å². The van der Waals surface area contributed by atoms with Crippen LogP contribution in [-0.4, -0.2) is 31.8 Å². The minimum atomic E-state index is -0.421. The normalized spacial score (nSPS) is 12.7. The first-order valence-electron chi connectivity index (χ1n) is 9.58. The van der Waals surface area contributed by atoms with Crippen LogP contribution in [0.1, 0.15) is 36.6 Å². The van der Waals surface area contributed by atoms with Crippen LogP contribution >= 0.6 is 0 Å². The second-order valence-electron chi connectivity index (χ2n) is 7.25. The fourth-order valence-electron chi connectivity index (χ4n) is 3.46. The predicted molar refractivity (Wildman–Crippen MR) is 116 cm³/mol. The number of benzene rings is 3. The van der Waals surface area contributed by atoms with Crippen molar-refractivity contribution < 1.29 is 14.4 Å². The maximum atomic E-state index is 12.9. The van der Waals surface area contributed by atoms with Crippen LogP contribution in [0.2, 0.25) is 0 Å². The van der Waals surface area contributed by atoms with Crippen LogP contribution < -0.4 is 15.1 Å². The lowest BCUT2D eigenvalue weighted by Crippen LogP contribution is -2.32. The Hall–Kier alpha value is -3.93. The van der Waals surface area contributed by atoms with Crippen molar-refractivity contribution in [2.45, 2.75) is 6.54 Å². The van der Waals surface area contributed by atoms with Gasteiger partial charge in [-0.05, 0) is 42.0 Å². The Balaban J connectivity index is 1.56. The van der Waals surface area contributed by atoms with Crippen molar-refractivity contribution in [1.82, 2.24) is 5.32 Å². The number of imide groups is 1. The number of anilines is 2. The van der Waals surface area contributed by atoms with Crippen LogP contribution in [0.15, 0.2) is 72.8 Å². The number of nitrogens with one attached hydrogen (secondary N) is 1. The lowest BCUT2D eigenvalue weighted by Gasteiger charge is -2.18. The SMILES string of the molecule is CN(C)c1ccc(CNC(=O)c2ccccc2N2C(=O)c3ccccc3C2=O)cc1. The van der Waals surface area contributed by atoms with E-state index >= 15 is 0 Å². The lowest BCUT2D eigenvalue weighted by molar-refractivity contribution is 0.0926. The highest BCUT2D eigenvalue weighted by molar-refractivity contribution is 6.35. The zero-order chi connectivity index (χ0) is 21.3. The molecular weight excluding hydrogens is 378 g/mol. The number of amides is 3. The summed E-state index contributed by atoms with van der Waals surface area (Å²) in [4.78, 5) is 41.6. The average molecular weight is 399 g/mol. The van der Waals surface area contributed by atoms with E-state index in [9.17, 15) is 14.4 Å². The summed E-state index contributed by atoms with van der Waals surface area (Å²) in [5.41, 5.74) is 3.27. The van der Waals surface area contributed by atoms with Gasteiger partial charge in [-0.15, -0.1) is 0 Å². The zero-order valence-electron chi connectivity index (χ0n) is 16.8. The summed E-state index contributed by atoms with van der Waals surface area (Å²) >= 11 is 0. The minimum absolute atomic E-state index is 0.275. The Morgan fingerprint density at radius 2 is 1.40 bits per heavy atom. The molecule has 3 aromatic rings. The van der Waals surface area contributed by atoms with Crippen molar-refractivity contribution in [3.05, 3.63) is 95.1 Å². The molecule has 1 N–H and O–H groups in total. The summed E-state index contributed by atoms with van der Waals surface area (Å²) in [6.45, 7) is 0.336. The van der Waals surface area contributed by atoms with Crippen LogP contribution in [0.25, 0.3) is 0 Å². The van der Waals surface area contributed by atoms with Crippen molar-refractivity contribution in [2.75, 3.05) is 23.9 Å². The van der Waals surface area contributed by atoms with Gasteiger partial charge >= 0.3 is 0 Å². The van der Waals surface area contributed by atoms with E-state index in [1.165, 1.54) is 0 Å². The molecule has 150 valence electrons. The van der Waals surface area contributed by atoms with Gasteiger partial charge in [0.1, 0.15) is 0 Å². The van der Waals surface area contributed by atoms with Gasteiger partial charge in [0.25, 0.3) is 17.7 Å². The van der Waals surface area contributed by atoms with Crippen molar-refractivity contribution >= 4 is 29.1 Å². The summed E-state index contributed by atoms with van der Waals surface area (Å²) in [5.74, 6) is -1.19. The number of para-hydroxylation sites is 1. The third kappa shape index (κ3) is 3.43. The van der Waals surface area contributed by atoms with Gasteiger partial charge in [0.15, 0.2) is 0 Å². The third-order valence-electron chi connectivity index (χ3n) is 5.09. The van der Waals surface area contributed by atoms with Crippen molar-refractivity contribution in [3.63, 3.8) is 0 Å². The Labute approximate surface area is 174 Å². The molecule has 0 aliphatic carbocycles. The maximum absolute atomic E-state index is 12.9. The Kier molecular flexibility index (Phi) is 5.06. The number of hydrogen-bond donors (Lipinski definition) is 1. The van der Waals surface area contributed by atoms with Crippen LogP contribution in [0, 0.1) is 0 Å². The molecule has 3 amide bonds. The second kappa shape index (κ2) is 7.83. The van der Waals surface area contributed by atoms with Crippen molar-refractivity contribution in [3.8, 4) is 0 Å². The largest absolute Gasteiger partial charge is 0.378 e. The molecule has 0 fully saturated rings. The Morgan fingerprint density at radius 3 is 2.00 bits per heavy atom. The maximum Gasteiger partial charge on any atom is 0.266 e. The van der Waals surface area contributed by atoms with Gasteiger partial charge in [-0.3, -0.25) is 14.4 Å². The molecule has 0 radical (unpaired) electrons. The summed E-state index contributed by atoms with van der Waals surface area (Å²) in [5, 5.41) is 2.88. The van der Waals surface area contributed by atoms with Gasteiger partial charge in [0, 0.05) is 26.3 Å². The molecule has 0 atom stereocenters. The fraction of sp³-hybridized carbons (Fsp3) is 0.125. The molecule has 1 aliphatic rings. The topological polar surface area (TPSA) is 69.7 Å². The van der Waals surface area contributed by atoms with Gasteiger partial charge in [-0.25, -0.2) is 4.90 Å². The molecule has 0 saturated heterocycles. The first kappa shape index (κ1) is 19.4. The Bertz CT molecular complexity index is 1100. The first-order valence-corrected chi connectivity index (χ1v) is 9.58. The molecule has 0 unspecified atom stereocenters. The molecule has 3 aromatic carbocycles. The van der Waals surface area contributed by atoms with Gasteiger partial charge in [-0.2, -0.15) is 0 Å². The quantitative estimate of drug-likeness (QED) is 0.667. The lowest BCUT2D eigenvalue weighted by atomic mass is 10.1. The fourth-order valence-corrected chi connectivity index (χ4v) is 3.46. The summed E-state index contributed by atoms with van der Waals surface area (Å²) in [7, 11) is 3.93. The molecule has 0 aromatic heterocycles. The minimum Gasteiger partial charge on any atom is -0.378 e. The van der Waals surface area contributed by atoms with Gasteiger partial charge in [0.2, 0.25) is 0 Å². The monoisotopic (exact) mass is 399 g/mol. The molecule has 4 rings (SSSR count). The van der Waals surface area contributed by atoms with E-state index in [-0.39, 0.29) is 17.2 Å². The molecule has 0 saturated carbocycles. The Morgan fingerprint density at radius 1 is 0.833 bits per heavy atom. The molecular formula is C24H21N3O3.